The quantitative estimate of drug-likeness (QED) is 0.746. The third-order valence-electron chi connectivity index (χ3n) is 4.76. The lowest BCUT2D eigenvalue weighted by Crippen LogP contribution is -2.50. The minimum Gasteiger partial charge on any atom is -0.389 e. The molecule has 3 heteroatoms. The second-order valence-electron chi connectivity index (χ2n) is 6.30. The highest BCUT2D eigenvalue weighted by atomic mass is 35.5. The Bertz CT molecular complexity index is 236. The Labute approximate surface area is 111 Å². The molecule has 0 spiro atoms. The molecule has 0 amide bonds. The van der Waals surface area contributed by atoms with Crippen molar-refractivity contribution in [2.75, 3.05) is 6.54 Å². The van der Waals surface area contributed by atoms with Crippen LogP contribution in [0.1, 0.15) is 59.3 Å². The molecule has 1 rings (SSSR count). The summed E-state index contributed by atoms with van der Waals surface area (Å²) in [7, 11) is 0. The smallest absolute Gasteiger partial charge is 0.0710 e. The van der Waals surface area contributed by atoms with E-state index in [0.29, 0.717) is 17.8 Å². The molecule has 0 aliphatic heterocycles. The molecule has 1 saturated carbocycles. The molecule has 0 bridgehead atoms. The second-order valence-corrected chi connectivity index (χ2v) is 6.91. The van der Waals surface area contributed by atoms with Crippen LogP contribution in [-0.2, 0) is 0 Å². The molecular weight excluding hydrogens is 234 g/mol. The number of hydrogen-bond donors (Lipinski definition) is 2. The molecule has 1 unspecified atom stereocenters. The van der Waals surface area contributed by atoms with Crippen LogP contribution in [0.4, 0.5) is 0 Å². The highest BCUT2D eigenvalue weighted by Gasteiger charge is 2.42. The van der Waals surface area contributed by atoms with E-state index in [-0.39, 0.29) is 5.41 Å². The highest BCUT2D eigenvalue weighted by molar-refractivity contribution is 6.20. The first-order valence-electron chi connectivity index (χ1n) is 6.91. The minimum atomic E-state index is -0.633. The van der Waals surface area contributed by atoms with Crippen LogP contribution in [0.2, 0.25) is 0 Å². The summed E-state index contributed by atoms with van der Waals surface area (Å²) in [5, 5.41) is 11.2. The van der Waals surface area contributed by atoms with Gasteiger partial charge in [-0.15, -0.1) is 11.6 Å². The zero-order valence-corrected chi connectivity index (χ0v) is 12.3. The minimum absolute atomic E-state index is 0.209. The van der Waals surface area contributed by atoms with E-state index < -0.39 is 5.60 Å². The molecule has 0 aromatic rings. The van der Waals surface area contributed by atoms with Crippen LogP contribution in [0, 0.1) is 11.3 Å². The van der Waals surface area contributed by atoms with Gasteiger partial charge in [-0.05, 0) is 44.4 Å². The van der Waals surface area contributed by atoms with E-state index in [1.807, 2.05) is 0 Å². The van der Waals surface area contributed by atoms with Crippen molar-refractivity contribution in [1.29, 1.82) is 0 Å². The topological polar surface area (TPSA) is 46.2 Å². The number of nitrogens with two attached hydrogens (primary N) is 1. The summed E-state index contributed by atoms with van der Waals surface area (Å²) >= 11 is 6.12. The van der Waals surface area contributed by atoms with E-state index in [1.165, 1.54) is 0 Å². The first-order valence-corrected chi connectivity index (χ1v) is 7.35. The largest absolute Gasteiger partial charge is 0.389 e. The number of hydrogen-bond acceptors (Lipinski definition) is 2. The van der Waals surface area contributed by atoms with Gasteiger partial charge in [0.2, 0.25) is 0 Å². The van der Waals surface area contributed by atoms with Crippen molar-refractivity contribution in [2.45, 2.75) is 70.3 Å². The zero-order valence-electron chi connectivity index (χ0n) is 11.5. The average molecular weight is 262 g/mol. The molecule has 1 atom stereocenters. The van der Waals surface area contributed by atoms with Gasteiger partial charge in [0.1, 0.15) is 0 Å². The SMILES string of the molecule is CCC(O)(CC1CCC(Cl)CC1)C(C)(C)CN. The maximum absolute atomic E-state index is 10.9. The third kappa shape index (κ3) is 3.59. The maximum atomic E-state index is 10.9. The predicted molar refractivity (Wildman–Crippen MR) is 74.3 cm³/mol. The fourth-order valence-corrected chi connectivity index (χ4v) is 3.14. The predicted octanol–water partition coefficient (Wildman–Crippen LogP) is 3.30. The van der Waals surface area contributed by atoms with E-state index in [1.54, 1.807) is 0 Å². The molecule has 0 radical (unpaired) electrons. The van der Waals surface area contributed by atoms with E-state index >= 15 is 0 Å². The van der Waals surface area contributed by atoms with Crippen LogP contribution < -0.4 is 5.73 Å². The van der Waals surface area contributed by atoms with Crippen molar-refractivity contribution < 1.29 is 5.11 Å². The third-order valence-corrected chi connectivity index (χ3v) is 5.19. The summed E-state index contributed by atoms with van der Waals surface area (Å²) in [6.45, 7) is 6.74. The molecule has 17 heavy (non-hydrogen) atoms. The highest BCUT2D eigenvalue weighted by Crippen LogP contribution is 2.41. The lowest BCUT2D eigenvalue weighted by Gasteiger charge is -2.44. The van der Waals surface area contributed by atoms with Crippen LogP contribution in [0.3, 0.4) is 0 Å². The van der Waals surface area contributed by atoms with Gasteiger partial charge in [0.25, 0.3) is 0 Å². The van der Waals surface area contributed by atoms with Gasteiger partial charge in [0, 0.05) is 17.3 Å². The van der Waals surface area contributed by atoms with Crippen molar-refractivity contribution in [2.24, 2.45) is 17.1 Å². The molecule has 0 aromatic heterocycles. The number of halogens is 1. The van der Waals surface area contributed by atoms with Crippen molar-refractivity contribution in [3.63, 3.8) is 0 Å². The average Bonchev–Trinajstić information content (AvgIpc) is 2.31. The lowest BCUT2D eigenvalue weighted by atomic mass is 9.67. The van der Waals surface area contributed by atoms with Gasteiger partial charge in [0.05, 0.1) is 5.60 Å². The number of aliphatic hydroxyl groups is 1. The van der Waals surface area contributed by atoms with Gasteiger partial charge >= 0.3 is 0 Å². The van der Waals surface area contributed by atoms with Crippen LogP contribution in [0.15, 0.2) is 0 Å². The maximum Gasteiger partial charge on any atom is 0.0710 e. The molecule has 2 nitrogen and oxygen atoms in total. The Balaban J connectivity index is 2.63. The van der Waals surface area contributed by atoms with Crippen molar-refractivity contribution in [1.82, 2.24) is 0 Å². The summed E-state index contributed by atoms with van der Waals surface area (Å²) in [6, 6.07) is 0. The summed E-state index contributed by atoms with van der Waals surface area (Å²) in [5.74, 6) is 0.612. The fraction of sp³-hybridized carbons (Fsp3) is 1.00. The first-order chi connectivity index (χ1) is 7.84. The Hall–Kier alpha value is 0.210. The van der Waals surface area contributed by atoms with Gasteiger partial charge in [-0.25, -0.2) is 0 Å². The van der Waals surface area contributed by atoms with Gasteiger partial charge in [-0.2, -0.15) is 0 Å². The van der Waals surface area contributed by atoms with Gasteiger partial charge in [-0.1, -0.05) is 20.8 Å². The molecular formula is C14H28ClNO. The van der Waals surface area contributed by atoms with Crippen molar-refractivity contribution >= 4 is 11.6 Å². The Morgan fingerprint density at radius 1 is 1.24 bits per heavy atom. The lowest BCUT2D eigenvalue weighted by molar-refractivity contribution is -0.0854. The fourth-order valence-electron chi connectivity index (χ4n) is 2.89. The first kappa shape index (κ1) is 15.3. The molecule has 3 N–H and O–H groups in total. The van der Waals surface area contributed by atoms with E-state index in [2.05, 4.69) is 20.8 Å². The monoisotopic (exact) mass is 261 g/mol. The van der Waals surface area contributed by atoms with Gasteiger partial charge < -0.3 is 10.8 Å². The molecule has 0 saturated heterocycles. The van der Waals surface area contributed by atoms with Crippen LogP contribution in [0.25, 0.3) is 0 Å². The Morgan fingerprint density at radius 3 is 2.18 bits per heavy atom. The summed E-state index contributed by atoms with van der Waals surface area (Å²) in [5.41, 5.74) is 4.97. The van der Waals surface area contributed by atoms with E-state index in [0.717, 1.165) is 38.5 Å². The van der Waals surface area contributed by atoms with Crippen LogP contribution in [0.5, 0.6) is 0 Å². The number of rotatable bonds is 5. The van der Waals surface area contributed by atoms with Crippen molar-refractivity contribution in [3.8, 4) is 0 Å². The van der Waals surface area contributed by atoms with Gasteiger partial charge in [-0.3, -0.25) is 0 Å². The van der Waals surface area contributed by atoms with Crippen LogP contribution >= 0.6 is 11.6 Å². The second kappa shape index (κ2) is 5.90. The Kier molecular flexibility index (Phi) is 5.30. The molecule has 1 aliphatic rings. The summed E-state index contributed by atoms with van der Waals surface area (Å²) < 4.78 is 0. The number of alkyl halides is 1. The molecule has 102 valence electrons. The molecule has 0 aromatic carbocycles. The van der Waals surface area contributed by atoms with Crippen LogP contribution in [-0.4, -0.2) is 22.6 Å². The van der Waals surface area contributed by atoms with E-state index in [9.17, 15) is 5.11 Å². The summed E-state index contributed by atoms with van der Waals surface area (Å²) in [6.07, 6.45) is 6.13. The molecule has 0 heterocycles. The normalized spacial score (nSPS) is 30.0. The zero-order chi connectivity index (χ0) is 13.1. The molecule has 1 aliphatic carbocycles. The Morgan fingerprint density at radius 2 is 1.76 bits per heavy atom. The standard InChI is InChI=1S/C14H28ClNO/c1-4-14(17,13(2,3)10-16)9-11-5-7-12(15)8-6-11/h11-12,17H,4-10,16H2,1-3H3. The summed E-state index contributed by atoms with van der Waals surface area (Å²) in [4.78, 5) is 0. The van der Waals surface area contributed by atoms with Gasteiger partial charge in [0.15, 0.2) is 0 Å². The molecule has 1 fully saturated rings. The van der Waals surface area contributed by atoms with E-state index in [4.69, 9.17) is 17.3 Å². The van der Waals surface area contributed by atoms with Crippen molar-refractivity contribution in [3.05, 3.63) is 0 Å².